The molecule has 2 aliphatic heterocycles. The number of carbonyl (C=O) groups is 4. The van der Waals surface area contributed by atoms with Crippen molar-refractivity contribution in [3.63, 3.8) is 0 Å². The number of halogens is 4. The van der Waals surface area contributed by atoms with Gasteiger partial charge in [0.2, 0.25) is 5.91 Å². The number of imidazole rings is 2. The van der Waals surface area contributed by atoms with Crippen LogP contribution in [0.15, 0.2) is 168 Å². The van der Waals surface area contributed by atoms with Gasteiger partial charge in [0.25, 0.3) is 0 Å². The predicted octanol–water partition coefficient (Wildman–Crippen LogP) is 13.7. The highest BCUT2D eigenvalue weighted by atomic mass is 79.9. The number of pyridine rings is 2. The van der Waals surface area contributed by atoms with E-state index in [2.05, 4.69) is 104 Å². The van der Waals surface area contributed by atoms with Crippen molar-refractivity contribution in [3.8, 4) is 0 Å². The summed E-state index contributed by atoms with van der Waals surface area (Å²) in [7, 11) is 0. The molecule has 4 atom stereocenters. The molecule has 8 aromatic rings. The average molecular weight is 1490 g/mol. The lowest BCUT2D eigenvalue weighted by atomic mass is 9.95. The highest BCUT2D eigenvalue weighted by Gasteiger charge is 2.45. The number of benzene rings is 4. The number of hydrogen-bond donors (Lipinski definition) is 2. The topological polar surface area (TPSA) is 197 Å². The Hall–Kier alpha value is -7.50. The van der Waals surface area contributed by atoms with Crippen molar-refractivity contribution in [2.24, 2.45) is 0 Å². The lowest BCUT2D eigenvalue weighted by Crippen LogP contribution is -2.62. The molecule has 0 bridgehead atoms. The van der Waals surface area contributed by atoms with Gasteiger partial charge in [-0.1, -0.05) is 96.0 Å². The summed E-state index contributed by atoms with van der Waals surface area (Å²) in [5.74, 6) is -1.16. The van der Waals surface area contributed by atoms with Gasteiger partial charge in [-0.05, 0) is 199 Å². The number of amides is 3. The molecule has 97 heavy (non-hydrogen) atoms. The smallest absolute Gasteiger partial charge is 0.411 e. The van der Waals surface area contributed by atoms with Gasteiger partial charge in [0.15, 0.2) is 0 Å². The number of aromatic nitrogens is 6. The number of ether oxygens (including phenoxy) is 2. The van der Waals surface area contributed by atoms with Gasteiger partial charge < -0.3 is 33.9 Å². The van der Waals surface area contributed by atoms with Gasteiger partial charge in [0.05, 0.1) is 36.1 Å². The van der Waals surface area contributed by atoms with E-state index in [0.717, 1.165) is 118 Å². The molecule has 3 amide bonds. The first-order chi connectivity index (χ1) is 46.5. The molecule has 12 rings (SSSR count). The number of carboxylic acids is 1. The normalized spacial score (nSPS) is 17.8. The molecule has 2 unspecified atom stereocenters. The molecule has 0 saturated carbocycles. The standard InChI is InChI=1S/C37H42BrClN6O3.C24H27BrClN3O4.C13H17N3/c1-37(2,3)48-36(47)45-19-18-43(34-31-13-12-30(39)21-27(31)10-11-28-20-29(38)22-41-33(28)34)24-32(45)35(46)44(23-26-8-5-4-6-9-26)16-7-15-42-17-14-40-25-42;1-24(2,3)33-23(32)29-9-8-28(13-19(29)22(30)31)21-18-7-6-17(26)11-14(18)4-5-15-10-16(25)12-27-20(15)21;1-2-5-13(6-3-1)11-14-7-4-9-16-10-8-15-12-16/h4-6,8-9,12-14,17,20-22,25,32,34H,7,10-11,15-16,18-19,23-24H2,1-3H3;6-7,10-12,19,21H,4-5,8-9,13H2,1-3H3,(H,30,31);1-3,5-6,8,10,12,14H,4,7,9,11H2/t32-,34?;19-,21?;/m11./s1. The van der Waals surface area contributed by atoms with Gasteiger partial charge in [0, 0.05) is 128 Å². The van der Waals surface area contributed by atoms with Crippen molar-refractivity contribution >= 4 is 79.1 Å². The molecule has 512 valence electrons. The van der Waals surface area contributed by atoms with E-state index < -0.39 is 41.4 Å². The zero-order valence-corrected chi connectivity index (χ0v) is 60.6. The van der Waals surface area contributed by atoms with E-state index in [0.29, 0.717) is 49.3 Å². The van der Waals surface area contributed by atoms with E-state index in [1.54, 1.807) is 44.4 Å². The number of aliphatic carboxylic acids is 1. The van der Waals surface area contributed by atoms with Crippen molar-refractivity contribution in [2.75, 3.05) is 52.4 Å². The first-order valence-electron chi connectivity index (χ1n) is 33.1. The summed E-state index contributed by atoms with van der Waals surface area (Å²) in [5.41, 5.74) is 9.62. The van der Waals surface area contributed by atoms with Crippen molar-refractivity contribution in [1.29, 1.82) is 0 Å². The van der Waals surface area contributed by atoms with E-state index in [1.165, 1.54) is 16.0 Å². The maximum Gasteiger partial charge on any atom is 0.411 e. The van der Waals surface area contributed by atoms with Crippen molar-refractivity contribution in [3.05, 3.63) is 234 Å². The number of fused-ring (bicyclic) bond motifs is 4. The molecule has 0 spiro atoms. The fourth-order valence-electron chi connectivity index (χ4n) is 12.9. The van der Waals surface area contributed by atoms with Crippen molar-refractivity contribution in [2.45, 2.75) is 142 Å². The van der Waals surface area contributed by atoms with Crippen molar-refractivity contribution < 1.29 is 33.8 Å². The lowest BCUT2D eigenvalue weighted by Gasteiger charge is -2.45. The summed E-state index contributed by atoms with van der Waals surface area (Å²) < 4.78 is 17.3. The van der Waals surface area contributed by atoms with E-state index in [9.17, 15) is 24.3 Å². The van der Waals surface area contributed by atoms with Crippen LogP contribution in [0.4, 0.5) is 9.59 Å². The van der Waals surface area contributed by atoms with Crippen LogP contribution < -0.4 is 5.32 Å². The molecule has 4 aromatic carbocycles. The SMILES string of the molecule is CC(C)(C)OC(=O)N1CCN(C2c3ccc(Cl)cc3CCc3cc(Br)cnc32)C[C@@H]1C(=O)N(CCCn1ccnc1)Cc1ccccc1.CC(C)(C)OC(=O)N1CCN(C2c3ccc(Cl)cc3CCc3cc(Br)cnc32)C[C@@H]1C(=O)O.c1ccc(CNCCCn2ccnc2)cc1. The van der Waals surface area contributed by atoms with E-state index in [4.69, 9.17) is 42.6 Å². The molecule has 4 aliphatic rings. The third-order valence-electron chi connectivity index (χ3n) is 17.4. The zero-order valence-electron chi connectivity index (χ0n) is 55.9. The molecule has 0 radical (unpaired) electrons. The van der Waals surface area contributed by atoms with Crippen LogP contribution in [0.5, 0.6) is 0 Å². The minimum absolute atomic E-state index is 0.103. The molecule has 19 nitrogen and oxygen atoms in total. The van der Waals surface area contributed by atoms with Crippen LogP contribution in [-0.4, -0.2) is 158 Å². The van der Waals surface area contributed by atoms with Gasteiger partial charge in [0.1, 0.15) is 23.3 Å². The number of rotatable bonds is 16. The van der Waals surface area contributed by atoms with Crippen molar-refractivity contribution in [1.82, 2.24) is 58.9 Å². The second-order valence-electron chi connectivity index (χ2n) is 26.8. The van der Waals surface area contributed by atoms with Gasteiger partial charge in [-0.25, -0.2) is 24.4 Å². The highest BCUT2D eigenvalue weighted by Crippen LogP contribution is 2.41. The molecule has 23 heteroatoms. The second-order valence-corrected chi connectivity index (χ2v) is 29.5. The largest absolute Gasteiger partial charge is 0.480 e. The van der Waals surface area contributed by atoms with Crippen LogP contribution in [0.3, 0.4) is 0 Å². The highest BCUT2D eigenvalue weighted by molar-refractivity contribution is 9.10. The summed E-state index contributed by atoms with van der Waals surface area (Å²) in [4.78, 5) is 80.7. The predicted molar refractivity (Wildman–Crippen MR) is 383 cm³/mol. The number of aryl methyl sites for hydroxylation is 6. The van der Waals surface area contributed by atoms with Gasteiger partial charge in [-0.2, -0.15) is 0 Å². The Kier molecular flexibility index (Phi) is 24.9. The fourth-order valence-corrected chi connectivity index (χ4v) is 14.1. The van der Waals surface area contributed by atoms with Gasteiger partial charge in [-0.15, -0.1) is 0 Å². The maximum absolute atomic E-state index is 14.8. The Balaban J connectivity index is 0.000000179. The Bertz CT molecular complexity index is 3830. The van der Waals surface area contributed by atoms with Crippen LogP contribution in [0.1, 0.15) is 122 Å². The number of nitrogens with one attached hydrogen (secondary N) is 1. The quantitative estimate of drug-likeness (QED) is 0.0867. The summed E-state index contributed by atoms with van der Waals surface area (Å²) in [6.07, 6.45) is 18.8. The molecule has 2 saturated heterocycles. The van der Waals surface area contributed by atoms with Crippen LogP contribution in [0, 0.1) is 0 Å². The lowest BCUT2D eigenvalue weighted by molar-refractivity contribution is -0.146. The number of piperazine rings is 2. The van der Waals surface area contributed by atoms with E-state index in [1.807, 2.05) is 128 Å². The molecule has 6 heterocycles. The summed E-state index contributed by atoms with van der Waals surface area (Å²) in [6, 6.07) is 34.4. The third-order valence-corrected chi connectivity index (χ3v) is 18.7. The van der Waals surface area contributed by atoms with E-state index in [-0.39, 0.29) is 31.1 Å². The minimum atomic E-state index is -1.06. The number of carbonyl (C=O) groups excluding carboxylic acids is 3. The summed E-state index contributed by atoms with van der Waals surface area (Å²) in [5, 5.41) is 14.8. The maximum atomic E-state index is 14.8. The number of nitrogens with zero attached hydrogens (tertiary/aromatic N) is 11. The van der Waals surface area contributed by atoms with E-state index >= 15 is 0 Å². The second kappa shape index (κ2) is 33.4. The van der Waals surface area contributed by atoms with Crippen LogP contribution in [0.2, 0.25) is 10.0 Å². The first-order valence-corrected chi connectivity index (χ1v) is 35.4. The van der Waals surface area contributed by atoms with Gasteiger partial charge in [-0.3, -0.25) is 34.4 Å². The Morgan fingerprint density at radius 2 is 1.06 bits per heavy atom. The van der Waals surface area contributed by atoms with Crippen LogP contribution >= 0.6 is 55.1 Å². The zero-order chi connectivity index (χ0) is 68.8. The summed E-state index contributed by atoms with van der Waals surface area (Å²) in [6.45, 7) is 17.7. The molecular weight excluding hydrogens is 1400 g/mol. The fraction of sp³-hybridized carbons (Fsp3) is 0.405. The Morgan fingerprint density at radius 1 is 0.598 bits per heavy atom. The molecule has 2 aliphatic carbocycles. The van der Waals surface area contributed by atoms with Gasteiger partial charge >= 0.3 is 18.2 Å². The molecule has 2 fully saturated rings. The molecule has 4 aromatic heterocycles. The number of carboxylic acid groups (broad SMARTS) is 1. The van der Waals surface area contributed by atoms with Crippen LogP contribution in [0.25, 0.3) is 0 Å². The molecular formula is C74H86Br2Cl2N12O7. The average Bonchev–Trinajstić information content (AvgIpc) is 1.75. The Labute approximate surface area is 595 Å². The molecule has 2 N–H and O–H groups in total. The monoisotopic (exact) mass is 1480 g/mol. The number of hydrogen-bond acceptors (Lipinski definition) is 13. The minimum Gasteiger partial charge on any atom is -0.480 e. The summed E-state index contributed by atoms with van der Waals surface area (Å²) >= 11 is 19.9. The van der Waals surface area contributed by atoms with Crippen LogP contribution in [-0.2, 0) is 70.9 Å². The third kappa shape index (κ3) is 19.9. The Morgan fingerprint density at radius 3 is 1.54 bits per heavy atom. The first kappa shape index (κ1) is 72.2.